The molecule has 2 aromatic carbocycles. The molecule has 0 bridgehead atoms. The molecule has 0 atom stereocenters. The number of allylic oxidation sites excluding steroid dienone is 1. The number of fused-ring (bicyclic) bond motifs is 1. The smallest absolute Gasteiger partial charge is 0.347 e. The summed E-state index contributed by atoms with van der Waals surface area (Å²) in [5.74, 6) is 0.723. The lowest BCUT2D eigenvalue weighted by Gasteiger charge is -2.09. The molecule has 0 saturated heterocycles. The molecule has 0 N–H and O–H groups in total. The topological polar surface area (TPSA) is 65.7 Å². The molecule has 0 aliphatic rings. The second-order valence-corrected chi connectivity index (χ2v) is 6.11. The summed E-state index contributed by atoms with van der Waals surface area (Å²) in [5.41, 5.74) is 0.362. The fourth-order valence-corrected chi connectivity index (χ4v) is 2.77. The summed E-state index contributed by atoms with van der Waals surface area (Å²) in [6.07, 6.45) is 2.92. The van der Waals surface area contributed by atoms with Gasteiger partial charge >= 0.3 is 5.63 Å². The predicted octanol–water partition coefficient (Wildman–Crippen LogP) is 4.75. The Hall–Kier alpha value is -3.05. The van der Waals surface area contributed by atoms with Crippen LogP contribution in [-0.4, -0.2) is 19.5 Å². The minimum absolute atomic E-state index is 0.0566. The minimum Gasteiger partial charge on any atom is -0.493 e. The van der Waals surface area contributed by atoms with Crippen LogP contribution in [0.2, 0.25) is 5.02 Å². The fourth-order valence-electron chi connectivity index (χ4n) is 2.59. The van der Waals surface area contributed by atoms with E-state index in [0.717, 1.165) is 5.56 Å². The van der Waals surface area contributed by atoms with Crippen LogP contribution >= 0.6 is 11.6 Å². The zero-order valence-corrected chi connectivity index (χ0v) is 15.6. The van der Waals surface area contributed by atoms with Gasteiger partial charge in [0.25, 0.3) is 0 Å². The molecule has 0 aliphatic carbocycles. The number of carbonyl (C=O) groups is 1. The SMILES string of the molecule is CCOc1ccc(C=CC(=O)c2cc3cc(Cl)ccc3oc2=O)cc1OC. The average molecular weight is 385 g/mol. The van der Waals surface area contributed by atoms with Crippen LogP contribution in [0.1, 0.15) is 22.8 Å². The first kappa shape index (κ1) is 18.7. The van der Waals surface area contributed by atoms with E-state index in [1.54, 1.807) is 49.6 Å². The molecular weight excluding hydrogens is 368 g/mol. The molecule has 3 rings (SSSR count). The Morgan fingerprint density at radius 1 is 1.15 bits per heavy atom. The molecule has 0 saturated carbocycles. The van der Waals surface area contributed by atoms with Crippen LogP contribution in [0.3, 0.4) is 0 Å². The number of ketones is 1. The van der Waals surface area contributed by atoms with Gasteiger partial charge in [-0.05, 0) is 55.0 Å². The summed E-state index contributed by atoms with van der Waals surface area (Å²) in [6.45, 7) is 2.40. The molecule has 5 nitrogen and oxygen atoms in total. The molecule has 0 radical (unpaired) electrons. The van der Waals surface area contributed by atoms with Crippen molar-refractivity contribution in [3.05, 3.63) is 75.1 Å². The molecule has 3 aromatic rings. The third-order valence-electron chi connectivity index (χ3n) is 3.87. The molecule has 0 fully saturated rings. The summed E-state index contributed by atoms with van der Waals surface area (Å²) in [6, 6.07) is 11.6. The van der Waals surface area contributed by atoms with Crippen LogP contribution in [0.5, 0.6) is 11.5 Å². The van der Waals surface area contributed by atoms with Crippen molar-refractivity contribution in [3.63, 3.8) is 0 Å². The van der Waals surface area contributed by atoms with Crippen molar-refractivity contribution in [2.45, 2.75) is 6.92 Å². The summed E-state index contributed by atoms with van der Waals surface area (Å²) in [7, 11) is 1.54. The zero-order chi connectivity index (χ0) is 19.4. The number of rotatable bonds is 6. The van der Waals surface area contributed by atoms with E-state index in [1.807, 2.05) is 6.92 Å². The maximum atomic E-state index is 12.5. The molecular formula is C21H17ClO5. The second kappa shape index (κ2) is 8.10. The van der Waals surface area contributed by atoms with Gasteiger partial charge in [0, 0.05) is 10.4 Å². The standard InChI is InChI=1S/C21H17ClO5/c1-3-26-19-8-5-13(10-20(19)25-2)4-7-17(23)16-12-14-11-15(22)6-9-18(14)27-21(16)24/h4-12H,3H2,1-2H3. The summed E-state index contributed by atoms with van der Waals surface area (Å²) in [5, 5.41) is 1.08. The maximum Gasteiger partial charge on any atom is 0.347 e. The van der Waals surface area contributed by atoms with Crippen molar-refractivity contribution in [1.82, 2.24) is 0 Å². The normalized spacial score (nSPS) is 11.1. The lowest BCUT2D eigenvalue weighted by molar-refractivity contribution is 0.104. The van der Waals surface area contributed by atoms with Crippen LogP contribution in [0, 0.1) is 0 Å². The third-order valence-corrected chi connectivity index (χ3v) is 4.11. The molecule has 6 heteroatoms. The van der Waals surface area contributed by atoms with Crippen molar-refractivity contribution >= 4 is 34.4 Å². The fraction of sp³-hybridized carbons (Fsp3) is 0.143. The van der Waals surface area contributed by atoms with Gasteiger partial charge in [-0.15, -0.1) is 0 Å². The number of carbonyl (C=O) groups excluding carboxylic acids is 1. The number of hydrogen-bond acceptors (Lipinski definition) is 5. The van der Waals surface area contributed by atoms with Gasteiger partial charge in [-0.3, -0.25) is 4.79 Å². The quantitative estimate of drug-likeness (QED) is 0.348. The largest absolute Gasteiger partial charge is 0.493 e. The Kier molecular flexibility index (Phi) is 5.62. The number of ether oxygens (including phenoxy) is 2. The van der Waals surface area contributed by atoms with Crippen molar-refractivity contribution in [1.29, 1.82) is 0 Å². The molecule has 0 aliphatic heterocycles. The van der Waals surface area contributed by atoms with Crippen molar-refractivity contribution < 1.29 is 18.7 Å². The predicted molar refractivity (Wildman–Crippen MR) is 105 cm³/mol. The van der Waals surface area contributed by atoms with Gasteiger partial charge < -0.3 is 13.9 Å². The van der Waals surface area contributed by atoms with Gasteiger partial charge in [-0.25, -0.2) is 4.79 Å². The van der Waals surface area contributed by atoms with Gasteiger partial charge in [-0.2, -0.15) is 0 Å². The average Bonchev–Trinajstić information content (AvgIpc) is 2.66. The van der Waals surface area contributed by atoms with Crippen molar-refractivity contribution in [2.75, 3.05) is 13.7 Å². The van der Waals surface area contributed by atoms with E-state index in [9.17, 15) is 9.59 Å². The molecule has 138 valence electrons. The second-order valence-electron chi connectivity index (χ2n) is 5.67. The van der Waals surface area contributed by atoms with Crippen LogP contribution in [0.4, 0.5) is 0 Å². The van der Waals surface area contributed by atoms with Gasteiger partial charge in [0.2, 0.25) is 0 Å². The van der Waals surface area contributed by atoms with Gasteiger partial charge in [-0.1, -0.05) is 23.7 Å². The lowest BCUT2D eigenvalue weighted by atomic mass is 10.1. The molecule has 0 unspecified atom stereocenters. The monoisotopic (exact) mass is 384 g/mol. The highest BCUT2D eigenvalue weighted by atomic mass is 35.5. The Balaban J connectivity index is 1.90. The number of hydrogen-bond donors (Lipinski definition) is 0. The van der Waals surface area contributed by atoms with E-state index in [2.05, 4.69) is 0 Å². The van der Waals surface area contributed by atoms with E-state index in [4.69, 9.17) is 25.5 Å². The first-order valence-corrected chi connectivity index (χ1v) is 8.66. The van der Waals surface area contributed by atoms with Crippen LogP contribution in [-0.2, 0) is 0 Å². The first-order valence-electron chi connectivity index (χ1n) is 8.28. The number of methoxy groups -OCH3 is 1. The van der Waals surface area contributed by atoms with Gasteiger partial charge in [0.15, 0.2) is 17.3 Å². The summed E-state index contributed by atoms with van der Waals surface area (Å²) < 4.78 is 15.9. The molecule has 0 amide bonds. The van der Waals surface area contributed by atoms with E-state index in [-0.39, 0.29) is 5.56 Å². The lowest BCUT2D eigenvalue weighted by Crippen LogP contribution is -2.11. The zero-order valence-electron chi connectivity index (χ0n) is 14.8. The molecule has 0 spiro atoms. The van der Waals surface area contributed by atoms with E-state index in [1.165, 1.54) is 12.1 Å². The van der Waals surface area contributed by atoms with Crippen molar-refractivity contribution in [2.24, 2.45) is 0 Å². The summed E-state index contributed by atoms with van der Waals surface area (Å²) >= 11 is 5.95. The molecule has 27 heavy (non-hydrogen) atoms. The van der Waals surface area contributed by atoms with Crippen LogP contribution in [0.25, 0.3) is 17.0 Å². The van der Waals surface area contributed by atoms with Crippen LogP contribution in [0.15, 0.2) is 57.8 Å². The van der Waals surface area contributed by atoms with Crippen LogP contribution < -0.4 is 15.1 Å². The third kappa shape index (κ3) is 4.20. The Morgan fingerprint density at radius 3 is 2.70 bits per heavy atom. The highest BCUT2D eigenvalue weighted by molar-refractivity contribution is 6.31. The molecule has 1 aromatic heterocycles. The van der Waals surface area contributed by atoms with E-state index >= 15 is 0 Å². The van der Waals surface area contributed by atoms with E-state index < -0.39 is 11.4 Å². The van der Waals surface area contributed by atoms with Gasteiger partial charge in [0.05, 0.1) is 13.7 Å². The Morgan fingerprint density at radius 2 is 1.96 bits per heavy atom. The first-order chi connectivity index (χ1) is 13.0. The Labute approximate surface area is 160 Å². The van der Waals surface area contributed by atoms with Gasteiger partial charge in [0.1, 0.15) is 11.1 Å². The van der Waals surface area contributed by atoms with E-state index in [0.29, 0.717) is 34.1 Å². The number of halogens is 1. The minimum atomic E-state index is -0.691. The van der Waals surface area contributed by atoms with Crippen molar-refractivity contribution in [3.8, 4) is 11.5 Å². The summed E-state index contributed by atoms with van der Waals surface area (Å²) in [4.78, 5) is 24.6. The Bertz CT molecular complexity index is 1080. The number of benzene rings is 2. The highest BCUT2D eigenvalue weighted by Crippen LogP contribution is 2.28. The maximum absolute atomic E-state index is 12.5. The highest BCUT2D eigenvalue weighted by Gasteiger charge is 2.12. The molecule has 1 heterocycles.